The van der Waals surface area contributed by atoms with E-state index in [9.17, 15) is 9.59 Å². The minimum absolute atomic E-state index is 0.0150. The third kappa shape index (κ3) is 4.48. The number of aryl methyl sites for hydroxylation is 2. The molecule has 0 unspecified atom stereocenters. The van der Waals surface area contributed by atoms with Crippen LogP contribution in [0.2, 0.25) is 0 Å². The van der Waals surface area contributed by atoms with Crippen molar-refractivity contribution >= 4 is 11.8 Å². The van der Waals surface area contributed by atoms with E-state index in [1.165, 1.54) is 5.56 Å². The summed E-state index contributed by atoms with van der Waals surface area (Å²) in [5, 5.41) is 5.41. The van der Waals surface area contributed by atoms with Gasteiger partial charge in [0.25, 0.3) is 5.91 Å². The summed E-state index contributed by atoms with van der Waals surface area (Å²) < 4.78 is 0. The number of aromatic nitrogens is 1. The van der Waals surface area contributed by atoms with Gasteiger partial charge in [-0.05, 0) is 44.0 Å². The molecular formula is C17H21N3O2. The molecule has 1 heterocycles. The Labute approximate surface area is 130 Å². The maximum absolute atomic E-state index is 11.8. The number of H-pyrrole nitrogens is 1. The maximum atomic E-state index is 11.8. The van der Waals surface area contributed by atoms with Crippen LogP contribution in [0.5, 0.6) is 0 Å². The summed E-state index contributed by atoms with van der Waals surface area (Å²) in [5.74, 6) is -0.429. The van der Waals surface area contributed by atoms with Gasteiger partial charge in [-0.25, -0.2) is 0 Å². The molecule has 0 saturated heterocycles. The molecule has 2 amide bonds. The largest absolute Gasteiger partial charge is 0.362 e. The molecule has 0 aliphatic carbocycles. The molecule has 0 atom stereocenters. The number of amides is 2. The second-order valence-corrected chi connectivity index (χ2v) is 5.25. The van der Waals surface area contributed by atoms with Crippen LogP contribution in [-0.2, 0) is 11.2 Å². The van der Waals surface area contributed by atoms with Crippen LogP contribution in [0.4, 0.5) is 0 Å². The van der Waals surface area contributed by atoms with Crippen LogP contribution in [0, 0.1) is 13.8 Å². The van der Waals surface area contributed by atoms with Crippen molar-refractivity contribution in [1.82, 2.24) is 15.6 Å². The number of rotatable bonds is 6. The molecule has 0 spiro atoms. The van der Waals surface area contributed by atoms with Crippen molar-refractivity contribution in [3.05, 3.63) is 58.9 Å². The highest BCUT2D eigenvalue weighted by Crippen LogP contribution is 2.09. The highest BCUT2D eigenvalue weighted by Gasteiger charge is 2.07. The predicted octanol–water partition coefficient (Wildman–Crippen LogP) is 1.72. The minimum Gasteiger partial charge on any atom is -0.362 e. The lowest BCUT2D eigenvalue weighted by Crippen LogP contribution is -2.37. The molecule has 2 aromatic rings. The van der Waals surface area contributed by atoms with Gasteiger partial charge >= 0.3 is 0 Å². The first-order valence-electron chi connectivity index (χ1n) is 7.31. The van der Waals surface area contributed by atoms with Gasteiger partial charge in [-0.2, -0.15) is 0 Å². The Kier molecular flexibility index (Phi) is 5.36. The Morgan fingerprint density at radius 2 is 1.82 bits per heavy atom. The molecule has 0 aliphatic rings. The fourth-order valence-corrected chi connectivity index (χ4v) is 2.29. The predicted molar refractivity (Wildman–Crippen MR) is 85.8 cm³/mol. The molecule has 116 valence electrons. The van der Waals surface area contributed by atoms with Gasteiger partial charge in [-0.1, -0.05) is 18.2 Å². The van der Waals surface area contributed by atoms with Gasteiger partial charge < -0.3 is 15.6 Å². The zero-order valence-electron chi connectivity index (χ0n) is 12.9. The molecule has 0 fully saturated rings. The number of hydrogen-bond acceptors (Lipinski definition) is 2. The summed E-state index contributed by atoms with van der Waals surface area (Å²) in [6.07, 6.45) is 0.772. The van der Waals surface area contributed by atoms with Crippen molar-refractivity contribution < 1.29 is 9.59 Å². The van der Waals surface area contributed by atoms with E-state index in [-0.39, 0.29) is 18.4 Å². The van der Waals surface area contributed by atoms with Gasteiger partial charge in [0.2, 0.25) is 5.91 Å². The lowest BCUT2D eigenvalue weighted by Gasteiger charge is -2.07. The van der Waals surface area contributed by atoms with Gasteiger partial charge in [-0.15, -0.1) is 0 Å². The first-order valence-corrected chi connectivity index (χ1v) is 7.31. The summed E-state index contributed by atoms with van der Waals surface area (Å²) in [6, 6.07) is 10.9. The number of benzene rings is 1. The molecule has 22 heavy (non-hydrogen) atoms. The first-order chi connectivity index (χ1) is 10.6. The highest BCUT2D eigenvalue weighted by molar-refractivity contribution is 5.96. The van der Waals surface area contributed by atoms with Gasteiger partial charge in [0.15, 0.2) is 0 Å². The zero-order chi connectivity index (χ0) is 15.9. The molecule has 0 bridgehead atoms. The summed E-state index contributed by atoms with van der Waals surface area (Å²) in [4.78, 5) is 26.8. The standard InChI is InChI=1S/C17H21N3O2/c1-12-10-15(13(2)20-12)8-9-18-16(21)11-19-17(22)14-6-4-3-5-7-14/h3-7,10,20H,8-9,11H2,1-2H3,(H,18,21)(H,19,22). The van der Waals surface area contributed by atoms with Crippen LogP contribution >= 0.6 is 0 Å². The van der Waals surface area contributed by atoms with Crippen LogP contribution in [0.1, 0.15) is 27.3 Å². The summed E-state index contributed by atoms with van der Waals surface area (Å²) in [5.41, 5.74) is 4.00. The van der Waals surface area contributed by atoms with Crippen molar-refractivity contribution in [2.75, 3.05) is 13.1 Å². The molecular weight excluding hydrogens is 278 g/mol. The third-order valence-electron chi connectivity index (χ3n) is 3.42. The molecule has 1 aromatic carbocycles. The monoisotopic (exact) mass is 299 g/mol. The topological polar surface area (TPSA) is 74.0 Å². The maximum Gasteiger partial charge on any atom is 0.251 e. The van der Waals surface area contributed by atoms with Gasteiger partial charge in [0.05, 0.1) is 6.54 Å². The number of nitrogens with one attached hydrogen (secondary N) is 3. The molecule has 2 rings (SSSR count). The smallest absolute Gasteiger partial charge is 0.251 e. The zero-order valence-corrected chi connectivity index (χ0v) is 12.9. The van der Waals surface area contributed by atoms with Crippen molar-refractivity contribution in [2.24, 2.45) is 0 Å². The van der Waals surface area contributed by atoms with Crippen LogP contribution in [0.25, 0.3) is 0 Å². The lowest BCUT2D eigenvalue weighted by molar-refractivity contribution is -0.120. The number of carbonyl (C=O) groups excluding carboxylic acids is 2. The molecule has 5 nitrogen and oxygen atoms in total. The van der Waals surface area contributed by atoms with E-state index < -0.39 is 0 Å². The van der Waals surface area contributed by atoms with E-state index in [1.54, 1.807) is 24.3 Å². The van der Waals surface area contributed by atoms with E-state index in [1.807, 2.05) is 19.9 Å². The van der Waals surface area contributed by atoms with Crippen molar-refractivity contribution in [2.45, 2.75) is 20.3 Å². The van der Waals surface area contributed by atoms with Crippen molar-refractivity contribution in [3.8, 4) is 0 Å². The highest BCUT2D eigenvalue weighted by atomic mass is 16.2. The Balaban J connectivity index is 1.70. The van der Waals surface area contributed by atoms with E-state index in [2.05, 4.69) is 21.7 Å². The van der Waals surface area contributed by atoms with Crippen molar-refractivity contribution in [1.29, 1.82) is 0 Å². The summed E-state index contributed by atoms with van der Waals surface area (Å²) in [6.45, 7) is 4.56. The third-order valence-corrected chi connectivity index (χ3v) is 3.42. The van der Waals surface area contributed by atoms with Crippen LogP contribution in [0.15, 0.2) is 36.4 Å². The normalized spacial score (nSPS) is 10.3. The fraction of sp³-hybridized carbons (Fsp3) is 0.294. The number of carbonyl (C=O) groups is 2. The Morgan fingerprint density at radius 3 is 2.45 bits per heavy atom. The Hall–Kier alpha value is -2.56. The summed E-state index contributed by atoms with van der Waals surface area (Å²) >= 11 is 0. The van der Waals surface area contributed by atoms with Crippen LogP contribution < -0.4 is 10.6 Å². The minimum atomic E-state index is -0.243. The molecule has 1 aromatic heterocycles. The average molecular weight is 299 g/mol. The van der Waals surface area contributed by atoms with Crippen LogP contribution in [0.3, 0.4) is 0 Å². The van der Waals surface area contributed by atoms with Gasteiger partial charge in [0, 0.05) is 23.5 Å². The molecule has 3 N–H and O–H groups in total. The van der Waals surface area contributed by atoms with Gasteiger partial charge in [0.1, 0.15) is 0 Å². The SMILES string of the molecule is Cc1cc(CCNC(=O)CNC(=O)c2ccccc2)c(C)[nH]1. The second-order valence-electron chi connectivity index (χ2n) is 5.25. The fourth-order valence-electron chi connectivity index (χ4n) is 2.29. The van der Waals surface area contributed by atoms with Crippen molar-refractivity contribution in [3.63, 3.8) is 0 Å². The first kappa shape index (κ1) is 15.8. The molecule has 0 aliphatic heterocycles. The Morgan fingerprint density at radius 1 is 1.09 bits per heavy atom. The van der Waals surface area contributed by atoms with E-state index in [0.29, 0.717) is 12.1 Å². The summed E-state index contributed by atoms with van der Waals surface area (Å²) in [7, 11) is 0. The van der Waals surface area contributed by atoms with E-state index in [4.69, 9.17) is 0 Å². The molecule has 0 saturated carbocycles. The average Bonchev–Trinajstić information content (AvgIpc) is 2.83. The van der Waals surface area contributed by atoms with E-state index >= 15 is 0 Å². The van der Waals surface area contributed by atoms with Crippen LogP contribution in [-0.4, -0.2) is 29.9 Å². The number of hydrogen-bond donors (Lipinski definition) is 3. The van der Waals surface area contributed by atoms with Gasteiger partial charge in [-0.3, -0.25) is 9.59 Å². The Bertz CT molecular complexity index is 647. The molecule has 0 radical (unpaired) electrons. The lowest BCUT2D eigenvalue weighted by atomic mass is 10.2. The van der Waals surface area contributed by atoms with E-state index in [0.717, 1.165) is 17.8 Å². The number of aromatic amines is 1. The second kappa shape index (κ2) is 7.45. The molecule has 5 heteroatoms. The quantitative estimate of drug-likeness (QED) is 0.760.